The molecule has 1 aliphatic rings. The van der Waals surface area contributed by atoms with Crippen LogP contribution in [0.4, 0.5) is 0 Å². The average molecular weight is 508 g/mol. The number of pyridine rings is 1. The van der Waals surface area contributed by atoms with Crippen LogP contribution < -0.4 is 0 Å². The molecule has 2 aromatic rings. The number of phosphoric ester groups is 1. The molecule has 188 valence electrons. The largest absolute Gasteiger partial charge is 0.472 e. The van der Waals surface area contributed by atoms with Gasteiger partial charge in [0.15, 0.2) is 0 Å². The molecule has 0 bridgehead atoms. The molecule has 1 aromatic heterocycles. The van der Waals surface area contributed by atoms with Crippen molar-refractivity contribution >= 4 is 42.5 Å². The van der Waals surface area contributed by atoms with Crippen molar-refractivity contribution in [2.75, 3.05) is 6.79 Å². The van der Waals surface area contributed by atoms with Gasteiger partial charge in [-0.15, -0.1) is 5.06 Å². The van der Waals surface area contributed by atoms with E-state index in [1.165, 1.54) is 0 Å². The molecule has 35 heavy (non-hydrogen) atoms. The number of imide groups is 1. The Bertz CT molecular complexity index is 1150. The van der Waals surface area contributed by atoms with E-state index in [1.54, 1.807) is 6.20 Å². The van der Waals surface area contributed by atoms with Gasteiger partial charge in [0, 0.05) is 37.3 Å². The van der Waals surface area contributed by atoms with Crippen LogP contribution in [0.5, 0.6) is 0 Å². The monoisotopic (exact) mass is 508 g/mol. The van der Waals surface area contributed by atoms with Crippen LogP contribution in [0.1, 0.15) is 49.7 Å². The molecule has 1 aromatic carbocycles. The van der Waals surface area contributed by atoms with Crippen LogP contribution in [0, 0.1) is 0 Å². The summed E-state index contributed by atoms with van der Waals surface area (Å²) in [6, 6.07) is 7.70. The van der Waals surface area contributed by atoms with E-state index in [0.29, 0.717) is 30.7 Å². The highest BCUT2D eigenvalue weighted by atomic mass is 31.2. The summed E-state index contributed by atoms with van der Waals surface area (Å²) in [4.78, 5) is 72.8. The fraction of sp³-hybridized carbons (Fsp3) is 0.409. The minimum absolute atomic E-state index is 0.0572. The zero-order chi connectivity index (χ0) is 25.4. The van der Waals surface area contributed by atoms with Gasteiger partial charge in [-0.1, -0.05) is 12.1 Å². The fourth-order valence-electron chi connectivity index (χ4n) is 3.42. The standard InChI is InChI=1S/C22H25N2O10P/c25-19-9-10-20(26)24(19)34-22(28)6-1-3-15-7-8-17-11-16(13-23-18(17)12-15)4-2-5-21(27)32-14-33-35(29,30)31/h7-8,11-13H,1-6,9-10,14H2,(H2,29,30,31). The third-order valence-corrected chi connectivity index (χ3v) is 5.58. The second kappa shape index (κ2) is 12.0. The summed E-state index contributed by atoms with van der Waals surface area (Å²) in [6.45, 7) is -0.804. The average Bonchev–Trinajstić information content (AvgIpc) is 3.10. The Morgan fingerprint density at radius 3 is 2.31 bits per heavy atom. The van der Waals surface area contributed by atoms with Crippen LogP contribution in [0.2, 0.25) is 0 Å². The number of hydrogen-bond acceptors (Lipinski definition) is 9. The number of esters is 1. The SMILES string of the molecule is O=C(CCCc1cnc2cc(CCCC(=O)ON3C(=O)CCC3=O)ccc2c1)OCOP(=O)(O)O. The van der Waals surface area contributed by atoms with Gasteiger partial charge in [0.05, 0.1) is 5.52 Å². The van der Waals surface area contributed by atoms with Crippen molar-refractivity contribution in [1.29, 1.82) is 0 Å². The number of benzene rings is 1. The second-order valence-corrected chi connectivity index (χ2v) is 9.12. The van der Waals surface area contributed by atoms with Gasteiger partial charge >= 0.3 is 19.8 Å². The van der Waals surface area contributed by atoms with Gasteiger partial charge in [0.25, 0.3) is 11.8 Å². The lowest BCUT2D eigenvalue weighted by Crippen LogP contribution is -2.31. The van der Waals surface area contributed by atoms with Crippen LogP contribution in [-0.4, -0.2) is 50.4 Å². The molecule has 2 N–H and O–H groups in total. The van der Waals surface area contributed by atoms with E-state index >= 15 is 0 Å². The number of hydroxylamine groups is 2. The predicted molar refractivity (Wildman–Crippen MR) is 119 cm³/mol. The van der Waals surface area contributed by atoms with Gasteiger partial charge in [-0.3, -0.25) is 19.4 Å². The minimum atomic E-state index is -4.67. The van der Waals surface area contributed by atoms with Crippen molar-refractivity contribution in [1.82, 2.24) is 10.0 Å². The lowest BCUT2D eigenvalue weighted by molar-refractivity contribution is -0.197. The summed E-state index contributed by atoms with van der Waals surface area (Å²) >= 11 is 0. The number of aromatic nitrogens is 1. The van der Waals surface area contributed by atoms with Crippen molar-refractivity contribution in [3.05, 3.63) is 41.6 Å². The van der Waals surface area contributed by atoms with Gasteiger partial charge in [0.1, 0.15) is 0 Å². The van der Waals surface area contributed by atoms with Gasteiger partial charge in [0.2, 0.25) is 6.79 Å². The number of fused-ring (bicyclic) bond motifs is 1. The van der Waals surface area contributed by atoms with E-state index in [9.17, 15) is 23.7 Å². The van der Waals surface area contributed by atoms with Crippen molar-refractivity contribution < 1.29 is 47.6 Å². The molecule has 0 radical (unpaired) electrons. The van der Waals surface area contributed by atoms with Crippen molar-refractivity contribution in [3.8, 4) is 0 Å². The van der Waals surface area contributed by atoms with Gasteiger partial charge in [-0.25, -0.2) is 13.9 Å². The third kappa shape index (κ3) is 8.52. The molecular weight excluding hydrogens is 483 g/mol. The highest BCUT2D eigenvalue weighted by molar-refractivity contribution is 7.46. The number of carbonyl (C=O) groups excluding carboxylic acids is 4. The number of carbonyl (C=O) groups is 4. The lowest BCUT2D eigenvalue weighted by atomic mass is 10.0. The summed E-state index contributed by atoms with van der Waals surface area (Å²) < 4.78 is 19.2. The van der Waals surface area contributed by atoms with Crippen LogP contribution in [-0.2, 0) is 50.7 Å². The van der Waals surface area contributed by atoms with Crippen molar-refractivity contribution in [2.24, 2.45) is 0 Å². The van der Waals surface area contributed by atoms with Gasteiger partial charge < -0.3 is 19.4 Å². The van der Waals surface area contributed by atoms with Crippen LogP contribution >= 0.6 is 7.82 Å². The van der Waals surface area contributed by atoms with E-state index in [-0.39, 0.29) is 25.7 Å². The molecule has 3 rings (SSSR count). The Labute approximate surface area is 200 Å². The lowest BCUT2D eigenvalue weighted by Gasteiger charge is -2.12. The number of rotatable bonds is 12. The molecule has 2 amide bonds. The number of amides is 2. The maximum atomic E-state index is 11.9. The highest BCUT2D eigenvalue weighted by Gasteiger charge is 2.32. The maximum absolute atomic E-state index is 11.9. The van der Waals surface area contributed by atoms with E-state index in [2.05, 4.69) is 14.2 Å². The Balaban J connectivity index is 1.41. The molecule has 0 atom stereocenters. The summed E-state index contributed by atoms with van der Waals surface area (Å²) in [5.74, 6) is -2.26. The zero-order valence-corrected chi connectivity index (χ0v) is 19.6. The molecule has 2 heterocycles. The second-order valence-electron chi connectivity index (χ2n) is 7.88. The highest BCUT2D eigenvalue weighted by Crippen LogP contribution is 2.35. The normalized spacial score (nSPS) is 13.9. The van der Waals surface area contributed by atoms with Gasteiger partial charge in [-0.05, 0) is 48.9 Å². The van der Waals surface area contributed by atoms with E-state index in [1.807, 2.05) is 24.3 Å². The van der Waals surface area contributed by atoms with Crippen molar-refractivity contribution in [3.63, 3.8) is 0 Å². The van der Waals surface area contributed by atoms with Gasteiger partial charge in [-0.2, -0.15) is 0 Å². The van der Waals surface area contributed by atoms with E-state index < -0.39 is 38.4 Å². The quantitative estimate of drug-likeness (QED) is 0.186. The smallest absolute Gasteiger partial charge is 0.438 e. The van der Waals surface area contributed by atoms with Crippen LogP contribution in [0.25, 0.3) is 10.9 Å². The Morgan fingerprint density at radius 1 is 0.971 bits per heavy atom. The van der Waals surface area contributed by atoms with E-state index in [4.69, 9.17) is 14.6 Å². The molecular formula is C22H25N2O10P. The number of hydrogen-bond donors (Lipinski definition) is 2. The molecule has 0 unspecified atom stereocenters. The topological polar surface area (TPSA) is 170 Å². The predicted octanol–water partition coefficient (Wildman–Crippen LogP) is 2.10. The number of ether oxygens (including phenoxy) is 1. The first kappa shape index (κ1) is 26.4. The summed E-state index contributed by atoms with van der Waals surface area (Å²) in [7, 11) is -4.67. The Kier molecular flexibility index (Phi) is 9.05. The molecule has 12 nitrogen and oxygen atoms in total. The van der Waals surface area contributed by atoms with Crippen LogP contribution in [0.15, 0.2) is 30.5 Å². The molecule has 1 saturated heterocycles. The molecule has 1 aliphatic heterocycles. The first-order valence-corrected chi connectivity index (χ1v) is 12.4. The molecule has 1 fully saturated rings. The maximum Gasteiger partial charge on any atom is 0.472 e. The summed E-state index contributed by atoms with van der Waals surface area (Å²) in [6.07, 6.45) is 4.03. The minimum Gasteiger partial charge on any atom is -0.438 e. The first-order chi connectivity index (χ1) is 16.6. The van der Waals surface area contributed by atoms with E-state index in [0.717, 1.165) is 22.0 Å². The Morgan fingerprint density at radius 2 is 1.63 bits per heavy atom. The summed E-state index contributed by atoms with van der Waals surface area (Å²) in [5.41, 5.74) is 2.66. The molecule has 0 aliphatic carbocycles. The molecule has 0 spiro atoms. The molecule has 0 saturated carbocycles. The molecule has 13 heteroatoms. The zero-order valence-electron chi connectivity index (χ0n) is 18.8. The number of phosphoric acid groups is 1. The van der Waals surface area contributed by atoms with Crippen LogP contribution in [0.3, 0.4) is 0 Å². The first-order valence-electron chi connectivity index (χ1n) is 10.9. The summed E-state index contributed by atoms with van der Waals surface area (Å²) in [5, 5.41) is 1.46. The Hall–Kier alpha value is -3.18. The number of nitrogens with zero attached hydrogens (tertiary/aromatic N) is 2. The van der Waals surface area contributed by atoms with Crippen molar-refractivity contribution in [2.45, 2.75) is 51.4 Å². The fourth-order valence-corrected chi connectivity index (χ4v) is 3.61. The third-order valence-electron chi connectivity index (χ3n) is 5.14. The number of aryl methyl sites for hydroxylation is 2.